The average molecular weight is 314 g/mol. The fraction of sp³-hybridized carbons (Fsp3) is 0.214. The molecule has 0 aliphatic carbocycles. The summed E-state index contributed by atoms with van der Waals surface area (Å²) in [5.74, 6) is -1.00. The minimum atomic E-state index is -0.509. The maximum absolute atomic E-state index is 13.2. The van der Waals surface area contributed by atoms with E-state index in [0.717, 1.165) is 0 Å². The van der Waals surface area contributed by atoms with Crippen LogP contribution in [0.15, 0.2) is 23.6 Å². The molecule has 0 radical (unpaired) electrons. The Labute approximate surface area is 125 Å². The largest absolute Gasteiger partial charge is 0.459 e. The molecular weight excluding hydrogens is 301 g/mol. The first-order valence-corrected chi connectivity index (χ1v) is 7.19. The van der Waals surface area contributed by atoms with Crippen LogP contribution in [0.5, 0.6) is 0 Å². The van der Waals surface area contributed by atoms with Crippen LogP contribution in [0.2, 0.25) is 5.02 Å². The highest BCUT2D eigenvalue weighted by atomic mass is 35.5. The third-order valence-electron chi connectivity index (χ3n) is 2.60. The van der Waals surface area contributed by atoms with Crippen molar-refractivity contribution in [3.63, 3.8) is 0 Å². The summed E-state index contributed by atoms with van der Waals surface area (Å²) in [6.07, 6.45) is -0.244. The van der Waals surface area contributed by atoms with Crippen molar-refractivity contribution < 1.29 is 13.9 Å². The molecule has 0 aliphatic heterocycles. The molecule has 0 aliphatic rings. The summed E-state index contributed by atoms with van der Waals surface area (Å²) in [6, 6.07) is 4.27. The second-order valence-corrected chi connectivity index (χ2v) is 5.79. The molecule has 2 aromatic rings. The van der Waals surface area contributed by atoms with Crippen LogP contribution in [0.4, 0.5) is 9.39 Å². The topological polar surface area (TPSA) is 52.3 Å². The van der Waals surface area contributed by atoms with Crippen molar-refractivity contribution in [1.82, 2.24) is 0 Å². The predicted octanol–water partition coefficient (Wildman–Crippen LogP) is 4.36. The van der Waals surface area contributed by atoms with Gasteiger partial charge < -0.3 is 10.5 Å². The molecule has 20 heavy (non-hydrogen) atoms. The van der Waals surface area contributed by atoms with Gasteiger partial charge in [0, 0.05) is 10.9 Å². The molecule has 0 fully saturated rings. The molecular formula is C14H13ClFNO2S. The van der Waals surface area contributed by atoms with Crippen LogP contribution >= 0.6 is 22.9 Å². The number of nitrogen functional groups attached to an aromatic ring is 1. The summed E-state index contributed by atoms with van der Waals surface area (Å²) in [5.41, 5.74) is 7.35. The summed E-state index contributed by atoms with van der Waals surface area (Å²) in [6.45, 7) is 3.52. The maximum Gasteiger partial charge on any atom is 0.342 e. The summed E-state index contributed by atoms with van der Waals surface area (Å²) >= 11 is 7.00. The van der Waals surface area contributed by atoms with Crippen molar-refractivity contribution >= 4 is 33.9 Å². The lowest BCUT2D eigenvalue weighted by Gasteiger charge is -2.10. The number of benzene rings is 1. The second-order valence-electron chi connectivity index (χ2n) is 4.47. The molecule has 1 aromatic carbocycles. The first-order chi connectivity index (χ1) is 9.40. The first-order valence-electron chi connectivity index (χ1n) is 5.93. The highest BCUT2D eigenvalue weighted by Gasteiger charge is 2.21. The van der Waals surface area contributed by atoms with Crippen molar-refractivity contribution in [3.05, 3.63) is 40.0 Å². The zero-order chi connectivity index (χ0) is 14.9. The molecule has 0 spiro atoms. The Morgan fingerprint density at radius 2 is 2.15 bits per heavy atom. The molecule has 0 amide bonds. The third-order valence-corrected chi connectivity index (χ3v) is 3.70. The molecule has 1 heterocycles. The minimum absolute atomic E-state index is 0.00421. The van der Waals surface area contributed by atoms with E-state index in [1.165, 1.54) is 23.5 Å². The van der Waals surface area contributed by atoms with E-state index in [4.69, 9.17) is 22.1 Å². The normalized spacial score (nSPS) is 10.8. The molecule has 3 nitrogen and oxygen atoms in total. The number of carbonyl (C=O) groups excluding carboxylic acids is 1. The standard InChI is InChI=1S/C14H13ClFNO2S/c1-7(2)19-14(18)12-9(6-20-13(12)17)8-3-4-11(16)10(15)5-8/h3-7H,17H2,1-2H3. The molecule has 2 N–H and O–H groups in total. The van der Waals surface area contributed by atoms with E-state index in [9.17, 15) is 9.18 Å². The van der Waals surface area contributed by atoms with Gasteiger partial charge in [0.15, 0.2) is 0 Å². The van der Waals surface area contributed by atoms with Crippen LogP contribution in [0.1, 0.15) is 24.2 Å². The van der Waals surface area contributed by atoms with E-state index < -0.39 is 11.8 Å². The fourth-order valence-corrected chi connectivity index (χ4v) is 2.72. The van der Waals surface area contributed by atoms with Gasteiger partial charge in [0.05, 0.1) is 11.1 Å². The van der Waals surface area contributed by atoms with Crippen LogP contribution in [-0.4, -0.2) is 12.1 Å². The van der Waals surface area contributed by atoms with Gasteiger partial charge in [-0.1, -0.05) is 17.7 Å². The second kappa shape index (κ2) is 5.81. The molecule has 106 valence electrons. The van der Waals surface area contributed by atoms with E-state index >= 15 is 0 Å². The summed E-state index contributed by atoms with van der Waals surface area (Å²) < 4.78 is 18.4. The van der Waals surface area contributed by atoms with Crippen molar-refractivity contribution in [1.29, 1.82) is 0 Å². The number of ether oxygens (including phenoxy) is 1. The molecule has 0 atom stereocenters. The van der Waals surface area contributed by atoms with Crippen molar-refractivity contribution in [3.8, 4) is 11.1 Å². The number of hydrogen-bond donors (Lipinski definition) is 1. The van der Waals surface area contributed by atoms with Crippen LogP contribution in [-0.2, 0) is 4.74 Å². The molecule has 6 heteroatoms. The van der Waals surface area contributed by atoms with Gasteiger partial charge in [0.25, 0.3) is 0 Å². The molecule has 0 saturated carbocycles. The van der Waals surface area contributed by atoms with Gasteiger partial charge in [-0.3, -0.25) is 0 Å². The highest BCUT2D eigenvalue weighted by Crippen LogP contribution is 2.35. The maximum atomic E-state index is 13.2. The van der Waals surface area contributed by atoms with Gasteiger partial charge in [-0.15, -0.1) is 11.3 Å². The van der Waals surface area contributed by atoms with Crippen LogP contribution in [0, 0.1) is 5.82 Å². The summed E-state index contributed by atoms with van der Waals surface area (Å²) in [5, 5.41) is 2.09. The molecule has 2 rings (SSSR count). The summed E-state index contributed by atoms with van der Waals surface area (Å²) in [4.78, 5) is 12.1. The monoisotopic (exact) mass is 313 g/mol. The number of nitrogens with two attached hydrogens (primary N) is 1. The van der Waals surface area contributed by atoms with Gasteiger partial charge >= 0.3 is 5.97 Å². The van der Waals surface area contributed by atoms with Crippen LogP contribution in [0.25, 0.3) is 11.1 Å². The van der Waals surface area contributed by atoms with Gasteiger partial charge in [-0.05, 0) is 31.5 Å². The molecule has 1 aromatic heterocycles. The number of hydrogen-bond acceptors (Lipinski definition) is 4. The Morgan fingerprint density at radius 1 is 1.45 bits per heavy atom. The minimum Gasteiger partial charge on any atom is -0.459 e. The number of rotatable bonds is 3. The van der Waals surface area contributed by atoms with Gasteiger partial charge in [0.2, 0.25) is 0 Å². The Kier molecular flexibility index (Phi) is 4.30. The van der Waals surface area contributed by atoms with Crippen LogP contribution < -0.4 is 5.73 Å². The highest BCUT2D eigenvalue weighted by molar-refractivity contribution is 7.14. The van der Waals surface area contributed by atoms with Crippen molar-refractivity contribution in [2.24, 2.45) is 0 Å². The smallest absolute Gasteiger partial charge is 0.342 e. The Bertz CT molecular complexity index is 655. The third kappa shape index (κ3) is 2.94. The molecule has 0 saturated heterocycles. The lowest BCUT2D eigenvalue weighted by Crippen LogP contribution is -2.13. The summed E-state index contributed by atoms with van der Waals surface area (Å²) in [7, 11) is 0. The Morgan fingerprint density at radius 3 is 2.75 bits per heavy atom. The van der Waals surface area contributed by atoms with Crippen molar-refractivity contribution in [2.75, 3.05) is 5.73 Å². The Hall–Kier alpha value is -1.59. The van der Waals surface area contributed by atoms with Gasteiger partial charge in [-0.2, -0.15) is 0 Å². The first kappa shape index (κ1) is 14.8. The fourth-order valence-electron chi connectivity index (χ4n) is 1.73. The number of carbonyl (C=O) groups is 1. The van der Waals surface area contributed by atoms with Crippen molar-refractivity contribution in [2.45, 2.75) is 20.0 Å². The molecule has 0 unspecified atom stereocenters. The van der Waals surface area contributed by atoms with Crippen LogP contribution in [0.3, 0.4) is 0 Å². The quantitative estimate of drug-likeness (QED) is 0.857. The number of halogens is 2. The average Bonchev–Trinajstić information content (AvgIpc) is 2.74. The number of esters is 1. The Balaban J connectivity index is 2.47. The van der Waals surface area contributed by atoms with E-state index in [1.807, 2.05) is 0 Å². The lowest BCUT2D eigenvalue weighted by atomic mass is 10.0. The predicted molar refractivity (Wildman–Crippen MR) is 79.7 cm³/mol. The SMILES string of the molecule is CC(C)OC(=O)c1c(-c2ccc(F)c(Cl)c2)csc1N. The molecule has 0 bridgehead atoms. The van der Waals surface area contributed by atoms with E-state index in [2.05, 4.69) is 0 Å². The van der Waals surface area contributed by atoms with E-state index in [1.54, 1.807) is 25.3 Å². The zero-order valence-corrected chi connectivity index (χ0v) is 12.5. The zero-order valence-electron chi connectivity index (χ0n) is 10.9. The van der Waals surface area contributed by atoms with E-state index in [-0.39, 0.29) is 11.1 Å². The number of anilines is 1. The van der Waals surface area contributed by atoms with Gasteiger partial charge in [-0.25, -0.2) is 9.18 Å². The lowest BCUT2D eigenvalue weighted by molar-refractivity contribution is 0.0380. The van der Waals surface area contributed by atoms with Gasteiger partial charge in [0.1, 0.15) is 16.4 Å². The van der Waals surface area contributed by atoms with E-state index in [0.29, 0.717) is 21.7 Å². The number of thiophene rings is 1.